The summed E-state index contributed by atoms with van der Waals surface area (Å²) in [5, 5.41) is 2.53. The summed E-state index contributed by atoms with van der Waals surface area (Å²) >= 11 is 2.58. The van der Waals surface area contributed by atoms with Gasteiger partial charge in [-0.15, -0.1) is 11.3 Å². The van der Waals surface area contributed by atoms with Gasteiger partial charge in [0.2, 0.25) is 5.91 Å². The second-order valence-corrected chi connectivity index (χ2v) is 9.37. The maximum atomic E-state index is 11.7. The molecule has 6 heteroatoms. The third-order valence-corrected chi connectivity index (χ3v) is 6.87. The van der Waals surface area contributed by atoms with Gasteiger partial charge >= 0.3 is 0 Å². The van der Waals surface area contributed by atoms with Crippen molar-refractivity contribution >= 4 is 34.2 Å². The molecule has 2 heterocycles. The number of carbonyl (C=O) groups excluding carboxylic acids is 2. The van der Waals surface area contributed by atoms with Gasteiger partial charge in [0.15, 0.2) is 5.06 Å². The van der Waals surface area contributed by atoms with Gasteiger partial charge in [0.05, 0.1) is 5.25 Å². The van der Waals surface area contributed by atoms with E-state index in [9.17, 15) is 9.59 Å². The van der Waals surface area contributed by atoms with E-state index >= 15 is 0 Å². The monoisotopic (exact) mass is 423 g/mol. The number of imide groups is 1. The highest BCUT2D eigenvalue weighted by Gasteiger charge is 2.31. The average Bonchev–Trinajstić information content (AvgIpc) is 3.26. The molecule has 1 fully saturated rings. The molecule has 2 amide bonds. The van der Waals surface area contributed by atoms with E-state index < -0.39 is 0 Å². The van der Waals surface area contributed by atoms with Gasteiger partial charge < -0.3 is 4.74 Å². The summed E-state index contributed by atoms with van der Waals surface area (Å²) in [4.78, 5) is 24.1. The number of benzene rings is 2. The van der Waals surface area contributed by atoms with E-state index in [2.05, 4.69) is 61.6 Å². The summed E-state index contributed by atoms with van der Waals surface area (Å²) in [6, 6.07) is 18.7. The number of thioether (sulfide) groups is 1. The Kier molecular flexibility index (Phi) is 5.74. The lowest BCUT2D eigenvalue weighted by Gasteiger charge is -2.11. The first kappa shape index (κ1) is 19.7. The summed E-state index contributed by atoms with van der Waals surface area (Å²) in [5.74, 6) is -0.209. The van der Waals surface area contributed by atoms with Gasteiger partial charge in [0.1, 0.15) is 6.61 Å². The molecule has 4 rings (SSSR count). The first-order chi connectivity index (χ1) is 14.0. The van der Waals surface area contributed by atoms with Gasteiger partial charge in [0.25, 0.3) is 5.24 Å². The van der Waals surface area contributed by atoms with Crippen LogP contribution in [0.15, 0.2) is 54.6 Å². The largest absolute Gasteiger partial charge is 0.479 e. The van der Waals surface area contributed by atoms with Crippen LogP contribution in [0.4, 0.5) is 4.79 Å². The number of ether oxygens (including phenoxy) is 1. The van der Waals surface area contributed by atoms with E-state index in [1.165, 1.54) is 33.6 Å². The van der Waals surface area contributed by atoms with Crippen molar-refractivity contribution < 1.29 is 14.3 Å². The van der Waals surface area contributed by atoms with Crippen molar-refractivity contribution in [1.82, 2.24) is 5.32 Å². The Morgan fingerprint density at radius 2 is 1.76 bits per heavy atom. The fourth-order valence-corrected chi connectivity index (χ4v) is 5.35. The normalized spacial score (nSPS) is 16.1. The van der Waals surface area contributed by atoms with Crippen LogP contribution in [0.25, 0.3) is 11.1 Å². The standard InChI is InChI=1S/C23H21NO3S2/c1-14-5-3-6-15(2)21(14)17-8-4-7-16(11-17)13-27-20-10-9-18(28-20)12-19-22(25)24-23(26)29-19/h3-11,19H,12-13H2,1-2H3,(H,24,25,26). The molecule has 0 bridgehead atoms. The average molecular weight is 424 g/mol. The Balaban J connectivity index is 1.42. The quantitative estimate of drug-likeness (QED) is 0.568. The number of rotatable bonds is 6. The molecule has 0 saturated carbocycles. The zero-order valence-electron chi connectivity index (χ0n) is 16.2. The number of hydrogen-bond donors (Lipinski definition) is 1. The lowest BCUT2D eigenvalue weighted by atomic mass is 9.95. The first-order valence-corrected chi connectivity index (χ1v) is 11.1. The molecule has 1 aromatic heterocycles. The molecule has 0 aliphatic carbocycles. The number of amides is 2. The molecule has 0 radical (unpaired) electrons. The SMILES string of the molecule is Cc1cccc(C)c1-c1cccc(COc2ccc(CC3SC(=O)NC3=O)s2)c1. The van der Waals surface area contributed by atoms with Gasteiger partial charge in [-0.25, -0.2) is 0 Å². The topological polar surface area (TPSA) is 55.4 Å². The molecule has 148 valence electrons. The highest BCUT2D eigenvalue weighted by molar-refractivity contribution is 8.15. The minimum absolute atomic E-state index is 0.209. The summed E-state index contributed by atoms with van der Waals surface area (Å²) < 4.78 is 5.98. The number of carbonyl (C=O) groups is 2. The molecular formula is C23H21NO3S2. The Labute approximate surface area is 178 Å². The number of aryl methyl sites for hydroxylation is 2. The number of hydrogen-bond acceptors (Lipinski definition) is 5. The van der Waals surface area contributed by atoms with Crippen LogP contribution in [0, 0.1) is 13.8 Å². The highest BCUT2D eigenvalue weighted by Crippen LogP contribution is 2.31. The Morgan fingerprint density at radius 1 is 1.00 bits per heavy atom. The Bertz CT molecular complexity index is 1050. The molecule has 4 nitrogen and oxygen atoms in total. The zero-order valence-corrected chi connectivity index (χ0v) is 17.9. The summed E-state index contributed by atoms with van der Waals surface area (Å²) in [7, 11) is 0. The maximum absolute atomic E-state index is 11.7. The van der Waals surface area contributed by atoms with Gasteiger partial charge in [-0.3, -0.25) is 14.9 Å². The van der Waals surface area contributed by atoms with Crippen LogP contribution >= 0.6 is 23.1 Å². The van der Waals surface area contributed by atoms with Gasteiger partial charge in [-0.2, -0.15) is 0 Å². The van der Waals surface area contributed by atoms with Gasteiger partial charge in [-0.1, -0.05) is 48.2 Å². The smallest absolute Gasteiger partial charge is 0.286 e. The highest BCUT2D eigenvalue weighted by atomic mass is 32.2. The molecule has 1 atom stereocenters. The fraction of sp³-hybridized carbons (Fsp3) is 0.217. The van der Waals surface area contributed by atoms with E-state index in [1.54, 1.807) is 0 Å². The van der Waals surface area contributed by atoms with Crippen molar-refractivity contribution in [3.8, 4) is 16.2 Å². The minimum Gasteiger partial charge on any atom is -0.479 e. The van der Waals surface area contributed by atoms with Crippen molar-refractivity contribution in [3.05, 3.63) is 76.2 Å². The van der Waals surface area contributed by atoms with E-state index in [-0.39, 0.29) is 16.4 Å². The second-order valence-electron chi connectivity index (χ2n) is 7.06. The van der Waals surface area contributed by atoms with Gasteiger partial charge in [-0.05, 0) is 59.9 Å². The van der Waals surface area contributed by atoms with Crippen molar-refractivity contribution in [2.75, 3.05) is 0 Å². The van der Waals surface area contributed by atoms with Crippen LogP contribution in [0.3, 0.4) is 0 Å². The zero-order chi connectivity index (χ0) is 20.4. The molecule has 29 heavy (non-hydrogen) atoms. The second kappa shape index (κ2) is 8.43. The molecule has 3 aromatic rings. The third kappa shape index (κ3) is 4.54. The molecule has 1 saturated heterocycles. The number of nitrogens with one attached hydrogen (secondary N) is 1. The summed E-state index contributed by atoms with van der Waals surface area (Å²) in [6.07, 6.45) is 0.540. The van der Waals surface area contributed by atoms with Gasteiger partial charge in [0, 0.05) is 11.3 Å². The lowest BCUT2D eigenvalue weighted by molar-refractivity contribution is -0.118. The van der Waals surface area contributed by atoms with E-state index in [4.69, 9.17) is 4.74 Å². The van der Waals surface area contributed by atoms with Crippen LogP contribution in [-0.4, -0.2) is 16.4 Å². The first-order valence-electron chi connectivity index (χ1n) is 9.38. The van der Waals surface area contributed by atoms with Crippen LogP contribution in [0.1, 0.15) is 21.6 Å². The molecular weight excluding hydrogens is 402 g/mol. The lowest BCUT2D eigenvalue weighted by Crippen LogP contribution is -2.25. The number of thiophene rings is 1. The molecule has 2 aromatic carbocycles. The summed E-state index contributed by atoms with van der Waals surface area (Å²) in [6.45, 7) is 4.75. The van der Waals surface area contributed by atoms with E-state index in [0.717, 1.165) is 27.3 Å². The molecule has 1 unspecified atom stereocenters. The molecule has 0 spiro atoms. The summed E-state index contributed by atoms with van der Waals surface area (Å²) in [5.41, 5.74) is 6.10. The van der Waals surface area contributed by atoms with E-state index in [0.29, 0.717) is 13.0 Å². The van der Waals surface area contributed by atoms with Crippen molar-refractivity contribution in [3.63, 3.8) is 0 Å². The predicted octanol–water partition coefficient (Wildman–Crippen LogP) is 5.51. The molecule has 1 aliphatic rings. The van der Waals surface area contributed by atoms with Crippen molar-refractivity contribution in [2.45, 2.75) is 32.1 Å². The minimum atomic E-state index is -0.344. The van der Waals surface area contributed by atoms with Crippen LogP contribution in [-0.2, 0) is 17.8 Å². The molecule has 1 N–H and O–H groups in total. The predicted molar refractivity (Wildman–Crippen MR) is 119 cm³/mol. The van der Waals surface area contributed by atoms with Crippen molar-refractivity contribution in [2.24, 2.45) is 0 Å². The van der Waals surface area contributed by atoms with Crippen LogP contribution in [0.5, 0.6) is 5.06 Å². The van der Waals surface area contributed by atoms with Crippen molar-refractivity contribution in [1.29, 1.82) is 0 Å². The third-order valence-electron chi connectivity index (χ3n) is 4.87. The van der Waals surface area contributed by atoms with Crippen LogP contribution in [0.2, 0.25) is 0 Å². The van der Waals surface area contributed by atoms with Crippen LogP contribution < -0.4 is 10.1 Å². The van der Waals surface area contributed by atoms with E-state index in [1.807, 2.05) is 12.1 Å². The molecule has 1 aliphatic heterocycles. The Hall–Kier alpha value is -2.57. The Morgan fingerprint density at radius 3 is 2.48 bits per heavy atom. The fourth-order valence-electron chi connectivity index (χ4n) is 3.50. The maximum Gasteiger partial charge on any atom is 0.286 e.